The Morgan fingerprint density at radius 2 is 2.05 bits per heavy atom. The van der Waals surface area contributed by atoms with Crippen molar-refractivity contribution in [2.24, 2.45) is 0 Å². The monoisotopic (exact) mass is 274 g/mol. The molecule has 0 saturated heterocycles. The molecule has 0 aliphatic heterocycles. The van der Waals surface area contributed by atoms with Gasteiger partial charge in [-0.15, -0.1) is 11.8 Å². The van der Waals surface area contributed by atoms with Gasteiger partial charge in [-0.3, -0.25) is 9.78 Å². The molecule has 2 aromatic rings. The minimum absolute atomic E-state index is 0.272. The fourth-order valence-corrected chi connectivity index (χ4v) is 2.08. The van der Waals surface area contributed by atoms with E-state index in [1.807, 2.05) is 30.5 Å². The van der Waals surface area contributed by atoms with Crippen LogP contribution in [0.25, 0.3) is 0 Å². The van der Waals surface area contributed by atoms with E-state index >= 15 is 0 Å². The number of hydrogen-bond acceptors (Lipinski definition) is 5. The van der Waals surface area contributed by atoms with Crippen molar-refractivity contribution in [1.82, 2.24) is 9.97 Å². The van der Waals surface area contributed by atoms with Gasteiger partial charge in [-0.25, -0.2) is 4.98 Å². The first kappa shape index (κ1) is 13.4. The lowest BCUT2D eigenvalue weighted by atomic mass is 10.3. The molecular formula is C13H14N4OS. The Kier molecular flexibility index (Phi) is 4.35. The van der Waals surface area contributed by atoms with Gasteiger partial charge >= 0.3 is 0 Å². The molecule has 1 aromatic heterocycles. The summed E-state index contributed by atoms with van der Waals surface area (Å²) in [5.41, 5.74) is 1.06. The van der Waals surface area contributed by atoms with Crippen LogP contribution in [0.2, 0.25) is 0 Å². The Morgan fingerprint density at radius 1 is 1.26 bits per heavy atom. The largest absolute Gasteiger partial charge is 0.372 e. The van der Waals surface area contributed by atoms with Gasteiger partial charge in [-0.05, 0) is 18.4 Å². The number of para-hydroxylation sites is 1. The molecule has 0 bridgehead atoms. The molecule has 0 aliphatic carbocycles. The van der Waals surface area contributed by atoms with Gasteiger partial charge in [0.2, 0.25) is 0 Å². The van der Waals surface area contributed by atoms with Crippen LogP contribution in [0.1, 0.15) is 10.5 Å². The quantitative estimate of drug-likeness (QED) is 0.838. The van der Waals surface area contributed by atoms with Gasteiger partial charge in [0, 0.05) is 11.9 Å². The zero-order valence-corrected chi connectivity index (χ0v) is 11.5. The first-order chi connectivity index (χ1) is 9.24. The van der Waals surface area contributed by atoms with Crippen molar-refractivity contribution < 1.29 is 4.79 Å². The molecule has 0 spiro atoms. The smallest absolute Gasteiger partial charge is 0.275 e. The topological polar surface area (TPSA) is 66.9 Å². The zero-order valence-electron chi connectivity index (χ0n) is 10.7. The van der Waals surface area contributed by atoms with Crippen LogP contribution in [0, 0.1) is 0 Å². The average molecular weight is 274 g/mol. The molecule has 0 aliphatic rings. The molecule has 98 valence electrons. The third-order valence-corrected chi connectivity index (χ3v) is 3.27. The van der Waals surface area contributed by atoms with E-state index in [4.69, 9.17) is 0 Å². The number of hydrogen-bond donors (Lipinski definition) is 2. The molecule has 1 heterocycles. The molecule has 19 heavy (non-hydrogen) atoms. The van der Waals surface area contributed by atoms with Crippen molar-refractivity contribution in [2.75, 3.05) is 23.9 Å². The summed E-state index contributed by atoms with van der Waals surface area (Å²) in [5.74, 6) is 0.289. The highest BCUT2D eigenvalue weighted by molar-refractivity contribution is 7.98. The molecule has 1 aromatic carbocycles. The van der Waals surface area contributed by atoms with E-state index in [1.165, 1.54) is 6.20 Å². The van der Waals surface area contributed by atoms with Crippen molar-refractivity contribution in [1.29, 1.82) is 0 Å². The van der Waals surface area contributed by atoms with E-state index in [1.54, 1.807) is 25.0 Å². The standard InChI is InChI=1S/C13H14N4OS/c1-14-12-8-15-7-10(16-12)13(18)17-9-5-3-4-6-11(9)19-2/h3-8H,1-2H3,(H,14,16)(H,17,18). The highest BCUT2D eigenvalue weighted by atomic mass is 32.2. The Morgan fingerprint density at radius 3 is 2.79 bits per heavy atom. The Balaban J connectivity index is 2.20. The minimum Gasteiger partial charge on any atom is -0.372 e. The predicted octanol–water partition coefficient (Wildman–Crippen LogP) is 2.49. The van der Waals surface area contributed by atoms with E-state index < -0.39 is 0 Å². The fourth-order valence-electron chi connectivity index (χ4n) is 1.53. The van der Waals surface area contributed by atoms with Crippen LogP contribution in [0.15, 0.2) is 41.6 Å². The second kappa shape index (κ2) is 6.19. The maximum atomic E-state index is 12.1. The molecule has 0 saturated carbocycles. The van der Waals surface area contributed by atoms with Crippen molar-refractivity contribution >= 4 is 29.2 Å². The number of thioether (sulfide) groups is 1. The first-order valence-corrected chi connectivity index (χ1v) is 6.91. The number of amides is 1. The summed E-state index contributed by atoms with van der Waals surface area (Å²) in [5, 5.41) is 5.69. The highest BCUT2D eigenvalue weighted by Gasteiger charge is 2.10. The lowest BCUT2D eigenvalue weighted by Crippen LogP contribution is -2.15. The molecular weight excluding hydrogens is 260 g/mol. The number of carbonyl (C=O) groups is 1. The van der Waals surface area contributed by atoms with Gasteiger partial charge in [0.05, 0.1) is 18.1 Å². The molecule has 0 fully saturated rings. The number of benzene rings is 1. The molecule has 1 amide bonds. The van der Waals surface area contributed by atoms with E-state index in [0.29, 0.717) is 5.82 Å². The molecule has 5 nitrogen and oxygen atoms in total. The average Bonchev–Trinajstić information content (AvgIpc) is 2.47. The number of nitrogens with one attached hydrogen (secondary N) is 2. The third kappa shape index (κ3) is 3.23. The van der Waals surface area contributed by atoms with E-state index in [-0.39, 0.29) is 11.6 Å². The number of aromatic nitrogens is 2. The zero-order chi connectivity index (χ0) is 13.7. The van der Waals surface area contributed by atoms with Gasteiger partial charge in [0.25, 0.3) is 5.91 Å². The van der Waals surface area contributed by atoms with Gasteiger partial charge in [-0.1, -0.05) is 12.1 Å². The number of nitrogens with zero attached hydrogens (tertiary/aromatic N) is 2. The predicted molar refractivity (Wildman–Crippen MR) is 77.8 cm³/mol. The van der Waals surface area contributed by atoms with Crippen LogP contribution in [0.3, 0.4) is 0 Å². The van der Waals surface area contributed by atoms with Crippen LogP contribution >= 0.6 is 11.8 Å². The summed E-state index contributed by atoms with van der Waals surface area (Å²) >= 11 is 1.58. The van der Waals surface area contributed by atoms with E-state index in [0.717, 1.165) is 10.6 Å². The normalized spacial score (nSPS) is 10.0. The van der Waals surface area contributed by atoms with Gasteiger partial charge < -0.3 is 10.6 Å². The van der Waals surface area contributed by atoms with Crippen molar-refractivity contribution in [3.8, 4) is 0 Å². The third-order valence-electron chi connectivity index (χ3n) is 2.48. The van der Waals surface area contributed by atoms with Crippen LogP contribution in [-0.2, 0) is 0 Å². The summed E-state index contributed by atoms with van der Waals surface area (Å²) in [6, 6.07) is 7.63. The molecule has 0 radical (unpaired) electrons. The summed E-state index contributed by atoms with van der Waals surface area (Å²) < 4.78 is 0. The SMILES string of the molecule is CNc1cncc(C(=O)Nc2ccccc2SC)n1. The van der Waals surface area contributed by atoms with Crippen LogP contribution in [0.4, 0.5) is 11.5 Å². The molecule has 0 unspecified atom stereocenters. The lowest BCUT2D eigenvalue weighted by Gasteiger charge is -2.09. The molecule has 2 rings (SSSR count). The van der Waals surface area contributed by atoms with Gasteiger partial charge in [0.1, 0.15) is 11.5 Å². The maximum absolute atomic E-state index is 12.1. The number of anilines is 2. The highest BCUT2D eigenvalue weighted by Crippen LogP contribution is 2.24. The maximum Gasteiger partial charge on any atom is 0.275 e. The first-order valence-electron chi connectivity index (χ1n) is 5.68. The summed E-state index contributed by atoms with van der Waals surface area (Å²) in [7, 11) is 1.73. The molecule has 0 atom stereocenters. The second-order valence-electron chi connectivity index (χ2n) is 3.69. The summed E-state index contributed by atoms with van der Waals surface area (Å²) in [6.45, 7) is 0. The Bertz CT molecular complexity index is 588. The van der Waals surface area contributed by atoms with Crippen molar-refractivity contribution in [3.05, 3.63) is 42.4 Å². The van der Waals surface area contributed by atoms with Crippen LogP contribution in [0.5, 0.6) is 0 Å². The Hall–Kier alpha value is -2.08. The lowest BCUT2D eigenvalue weighted by molar-refractivity contribution is 0.102. The summed E-state index contributed by atoms with van der Waals surface area (Å²) in [4.78, 5) is 21.2. The van der Waals surface area contributed by atoms with Crippen molar-refractivity contribution in [3.63, 3.8) is 0 Å². The molecule has 2 N–H and O–H groups in total. The van der Waals surface area contributed by atoms with Crippen LogP contribution in [-0.4, -0.2) is 29.2 Å². The Labute approximate surface area is 115 Å². The summed E-state index contributed by atoms with van der Waals surface area (Å²) in [6.07, 6.45) is 4.97. The number of rotatable bonds is 4. The van der Waals surface area contributed by atoms with Crippen LogP contribution < -0.4 is 10.6 Å². The van der Waals surface area contributed by atoms with E-state index in [2.05, 4.69) is 20.6 Å². The van der Waals surface area contributed by atoms with Crippen molar-refractivity contribution in [2.45, 2.75) is 4.90 Å². The fraction of sp³-hybridized carbons (Fsp3) is 0.154. The van der Waals surface area contributed by atoms with Gasteiger partial charge in [0.15, 0.2) is 0 Å². The van der Waals surface area contributed by atoms with Gasteiger partial charge in [-0.2, -0.15) is 0 Å². The molecule has 6 heteroatoms. The minimum atomic E-state index is -0.272. The van der Waals surface area contributed by atoms with E-state index in [9.17, 15) is 4.79 Å². The number of carbonyl (C=O) groups excluding carboxylic acids is 1. The second-order valence-corrected chi connectivity index (χ2v) is 4.54.